The topological polar surface area (TPSA) is 0 Å². The number of allylic oxidation sites excluding steroid dienone is 1. The number of hydrogen-bond acceptors (Lipinski definition) is 0. The summed E-state index contributed by atoms with van der Waals surface area (Å²) in [6.45, 7) is 12.0. The van der Waals surface area contributed by atoms with Gasteiger partial charge < -0.3 is 0 Å². The molecule has 0 aromatic heterocycles. The van der Waals surface area contributed by atoms with Gasteiger partial charge in [0.2, 0.25) is 0 Å². The molecule has 0 N–H and O–H groups in total. The van der Waals surface area contributed by atoms with Crippen molar-refractivity contribution in [3.8, 4) is 0 Å². The Morgan fingerprint density at radius 2 is 1.50 bits per heavy atom. The van der Waals surface area contributed by atoms with Gasteiger partial charge in [-0.1, -0.05) is 65.1 Å². The van der Waals surface area contributed by atoms with Crippen molar-refractivity contribution < 1.29 is 0 Å². The number of aryl methyl sites for hydroxylation is 1. The second kappa shape index (κ2) is 10.0. The first-order chi connectivity index (χ1) is 5.72. The molecule has 0 spiro atoms. The van der Waals surface area contributed by atoms with E-state index in [1.54, 1.807) is 0 Å². The Morgan fingerprint density at radius 3 is 1.79 bits per heavy atom. The summed E-state index contributed by atoms with van der Waals surface area (Å²) in [5.41, 5.74) is 3.70. The molecule has 0 heteroatoms. The fourth-order valence-corrected chi connectivity index (χ4v) is 1.05. The molecular formula is C14H26. The molecule has 1 aromatic rings. The first kappa shape index (κ1) is 18.7. The third-order valence-electron chi connectivity index (χ3n) is 1.60. The van der Waals surface area contributed by atoms with Gasteiger partial charge in [0.15, 0.2) is 0 Å². The second-order valence-electron chi connectivity index (χ2n) is 2.60. The van der Waals surface area contributed by atoms with Crippen LogP contribution in [-0.2, 0) is 0 Å². The van der Waals surface area contributed by atoms with Crippen LogP contribution >= 0.6 is 0 Å². The van der Waals surface area contributed by atoms with E-state index in [-0.39, 0.29) is 14.9 Å². The Hall–Kier alpha value is -1.04. The summed E-state index contributed by atoms with van der Waals surface area (Å²) in [7, 11) is 0. The lowest BCUT2D eigenvalue weighted by Crippen LogP contribution is -1.81. The zero-order valence-corrected chi connectivity index (χ0v) is 8.52. The van der Waals surface area contributed by atoms with E-state index in [0.717, 1.165) is 5.57 Å². The molecule has 0 radical (unpaired) electrons. The van der Waals surface area contributed by atoms with Crippen LogP contribution in [0.25, 0.3) is 5.57 Å². The molecule has 0 saturated carbocycles. The van der Waals surface area contributed by atoms with Crippen LogP contribution in [0, 0.1) is 6.92 Å². The van der Waals surface area contributed by atoms with Crippen LogP contribution in [0.15, 0.2) is 30.8 Å². The lowest BCUT2D eigenvalue weighted by atomic mass is 10.0. The standard InChI is InChI=1S/C10H12.C2H6.2CH4/c1-8(2)10-7-5-4-6-9(10)3;1-2;;/h4-7H,1H2,2-3H3;1-2H3;2*1H4. The monoisotopic (exact) mass is 194 g/mol. The summed E-state index contributed by atoms with van der Waals surface area (Å²) in [6, 6.07) is 8.28. The van der Waals surface area contributed by atoms with E-state index >= 15 is 0 Å². The van der Waals surface area contributed by atoms with Crippen molar-refractivity contribution in [2.75, 3.05) is 0 Å². The van der Waals surface area contributed by atoms with Crippen LogP contribution in [0.1, 0.15) is 46.8 Å². The fourth-order valence-electron chi connectivity index (χ4n) is 1.05. The lowest BCUT2D eigenvalue weighted by Gasteiger charge is -2.02. The average Bonchev–Trinajstić information content (AvgIpc) is 2.08. The van der Waals surface area contributed by atoms with Crippen molar-refractivity contribution in [1.29, 1.82) is 0 Å². The minimum absolute atomic E-state index is 0. The zero-order valence-electron chi connectivity index (χ0n) is 8.52. The summed E-state index contributed by atoms with van der Waals surface area (Å²) >= 11 is 0. The fraction of sp³-hybridized carbons (Fsp3) is 0.429. The minimum atomic E-state index is 0. The van der Waals surface area contributed by atoms with Gasteiger partial charge in [-0.15, -0.1) is 0 Å². The average molecular weight is 194 g/mol. The highest BCUT2D eigenvalue weighted by Gasteiger charge is 1.94. The summed E-state index contributed by atoms with van der Waals surface area (Å²) < 4.78 is 0. The van der Waals surface area contributed by atoms with Gasteiger partial charge in [-0.25, -0.2) is 0 Å². The van der Waals surface area contributed by atoms with E-state index in [1.807, 2.05) is 32.9 Å². The Morgan fingerprint density at radius 1 is 1.07 bits per heavy atom. The maximum atomic E-state index is 3.89. The number of hydrogen-bond donors (Lipinski definition) is 0. The first-order valence-corrected chi connectivity index (χ1v) is 4.43. The van der Waals surface area contributed by atoms with E-state index < -0.39 is 0 Å². The summed E-state index contributed by atoms with van der Waals surface area (Å²) in [6.07, 6.45) is 0. The first-order valence-electron chi connectivity index (χ1n) is 4.43. The van der Waals surface area contributed by atoms with Gasteiger partial charge in [0, 0.05) is 0 Å². The van der Waals surface area contributed by atoms with Crippen LogP contribution in [0.2, 0.25) is 0 Å². The molecule has 0 amide bonds. The predicted octanol–water partition coefficient (Wildman–Crippen LogP) is 5.33. The van der Waals surface area contributed by atoms with Gasteiger partial charge in [-0.05, 0) is 25.0 Å². The Kier molecular flexibility index (Phi) is 13.4. The second-order valence-corrected chi connectivity index (χ2v) is 2.60. The summed E-state index contributed by atoms with van der Waals surface area (Å²) in [5.74, 6) is 0. The van der Waals surface area contributed by atoms with Crippen molar-refractivity contribution in [2.45, 2.75) is 42.5 Å². The Bertz CT molecular complexity index is 246. The van der Waals surface area contributed by atoms with Crippen molar-refractivity contribution >= 4 is 5.57 Å². The largest absolute Gasteiger partial charge is 0.0955 e. The quantitative estimate of drug-likeness (QED) is 0.567. The molecule has 0 heterocycles. The molecule has 0 nitrogen and oxygen atoms in total. The van der Waals surface area contributed by atoms with E-state index in [4.69, 9.17) is 0 Å². The van der Waals surface area contributed by atoms with Gasteiger partial charge in [-0.3, -0.25) is 0 Å². The number of benzene rings is 1. The predicted molar refractivity (Wildman–Crippen MR) is 70.7 cm³/mol. The van der Waals surface area contributed by atoms with Gasteiger partial charge in [-0.2, -0.15) is 0 Å². The van der Waals surface area contributed by atoms with E-state index in [1.165, 1.54) is 11.1 Å². The molecule has 0 fully saturated rings. The van der Waals surface area contributed by atoms with Crippen LogP contribution in [0.3, 0.4) is 0 Å². The Balaban J connectivity index is -0.000000284. The molecule has 14 heavy (non-hydrogen) atoms. The highest BCUT2D eigenvalue weighted by Crippen LogP contribution is 2.14. The lowest BCUT2D eigenvalue weighted by molar-refractivity contribution is 1.41. The summed E-state index contributed by atoms with van der Waals surface area (Å²) in [5, 5.41) is 0. The Labute approximate surface area is 90.7 Å². The zero-order chi connectivity index (χ0) is 9.56. The maximum Gasteiger partial charge on any atom is -0.0204 e. The number of rotatable bonds is 1. The van der Waals surface area contributed by atoms with Crippen LogP contribution in [-0.4, -0.2) is 0 Å². The minimum Gasteiger partial charge on any atom is -0.0955 e. The summed E-state index contributed by atoms with van der Waals surface area (Å²) in [4.78, 5) is 0. The van der Waals surface area contributed by atoms with Gasteiger partial charge in [0.1, 0.15) is 0 Å². The highest BCUT2D eigenvalue weighted by atomic mass is 14.0. The molecule has 0 atom stereocenters. The highest BCUT2D eigenvalue weighted by molar-refractivity contribution is 5.63. The SMILES string of the molecule is C.C.C=C(C)c1ccccc1C.CC. The van der Waals surface area contributed by atoms with E-state index in [9.17, 15) is 0 Å². The maximum absolute atomic E-state index is 3.89. The molecule has 0 unspecified atom stereocenters. The molecule has 1 rings (SSSR count). The normalized spacial score (nSPS) is 7.14. The van der Waals surface area contributed by atoms with Crippen LogP contribution in [0.4, 0.5) is 0 Å². The van der Waals surface area contributed by atoms with E-state index in [0.29, 0.717) is 0 Å². The van der Waals surface area contributed by atoms with E-state index in [2.05, 4.69) is 25.6 Å². The third-order valence-corrected chi connectivity index (χ3v) is 1.60. The van der Waals surface area contributed by atoms with Crippen molar-refractivity contribution in [3.63, 3.8) is 0 Å². The molecule has 0 aliphatic rings. The molecule has 0 aliphatic carbocycles. The molecule has 1 aromatic carbocycles. The molecule has 0 saturated heterocycles. The van der Waals surface area contributed by atoms with Gasteiger partial charge in [0.25, 0.3) is 0 Å². The van der Waals surface area contributed by atoms with Crippen molar-refractivity contribution in [3.05, 3.63) is 42.0 Å². The smallest absolute Gasteiger partial charge is 0.0204 e. The molecule has 0 bridgehead atoms. The van der Waals surface area contributed by atoms with Gasteiger partial charge >= 0.3 is 0 Å². The van der Waals surface area contributed by atoms with Gasteiger partial charge in [0.05, 0.1) is 0 Å². The third kappa shape index (κ3) is 5.58. The molecular weight excluding hydrogens is 168 g/mol. The van der Waals surface area contributed by atoms with Crippen LogP contribution in [0.5, 0.6) is 0 Å². The molecule has 82 valence electrons. The van der Waals surface area contributed by atoms with Crippen LogP contribution < -0.4 is 0 Å². The van der Waals surface area contributed by atoms with Crippen molar-refractivity contribution in [2.24, 2.45) is 0 Å². The molecule has 0 aliphatic heterocycles. The van der Waals surface area contributed by atoms with Crippen molar-refractivity contribution in [1.82, 2.24) is 0 Å².